The first-order chi connectivity index (χ1) is 13.1. The van der Waals surface area contributed by atoms with Crippen LogP contribution in [0.2, 0.25) is 0 Å². The van der Waals surface area contributed by atoms with Crippen LogP contribution < -0.4 is 5.32 Å². The van der Waals surface area contributed by atoms with Crippen LogP contribution in [-0.2, 0) is 22.5 Å². The molecule has 0 spiro atoms. The molecule has 1 N–H and O–H groups in total. The lowest BCUT2D eigenvalue weighted by Gasteiger charge is -2.26. The van der Waals surface area contributed by atoms with Crippen molar-refractivity contribution in [1.82, 2.24) is 14.7 Å². The summed E-state index contributed by atoms with van der Waals surface area (Å²) in [5.41, 5.74) is 1.92. The molecule has 1 atom stereocenters. The van der Waals surface area contributed by atoms with Gasteiger partial charge >= 0.3 is 0 Å². The first kappa shape index (κ1) is 20.0. The van der Waals surface area contributed by atoms with Gasteiger partial charge < -0.3 is 10.1 Å². The maximum absolute atomic E-state index is 12.7. The molecule has 0 bridgehead atoms. The molecule has 1 saturated heterocycles. The van der Waals surface area contributed by atoms with Crippen LogP contribution >= 0.6 is 15.9 Å². The van der Waals surface area contributed by atoms with Gasteiger partial charge in [0.2, 0.25) is 5.91 Å². The standard InChI is InChI=1S/C20H27BrN4O2/c1-2-17(12-16-4-3-5-18(21)13-16)20(26)23-19-14-22-25(15-19)7-6-24-8-10-27-11-9-24/h3-5,13-15,17H,2,6-12H2,1H3,(H,23,26). The third-order valence-electron chi connectivity index (χ3n) is 4.88. The zero-order valence-electron chi connectivity index (χ0n) is 15.7. The Morgan fingerprint density at radius 2 is 2.15 bits per heavy atom. The van der Waals surface area contributed by atoms with Gasteiger partial charge in [-0.1, -0.05) is 35.0 Å². The fourth-order valence-corrected chi connectivity index (χ4v) is 3.68. The third kappa shape index (κ3) is 6.16. The summed E-state index contributed by atoms with van der Waals surface area (Å²) >= 11 is 3.49. The predicted octanol–water partition coefficient (Wildman–Crippen LogP) is 3.19. The second kappa shape index (κ2) is 10.0. The number of morpholine rings is 1. The van der Waals surface area contributed by atoms with Crippen molar-refractivity contribution in [2.45, 2.75) is 26.3 Å². The molecule has 2 heterocycles. The van der Waals surface area contributed by atoms with E-state index in [0.717, 1.165) is 68.0 Å². The molecule has 6 nitrogen and oxygen atoms in total. The highest BCUT2D eigenvalue weighted by Gasteiger charge is 2.18. The Balaban J connectivity index is 1.51. The number of amides is 1. The average molecular weight is 435 g/mol. The largest absolute Gasteiger partial charge is 0.379 e. The summed E-state index contributed by atoms with van der Waals surface area (Å²) in [6, 6.07) is 8.13. The van der Waals surface area contributed by atoms with Crippen molar-refractivity contribution in [1.29, 1.82) is 0 Å². The van der Waals surface area contributed by atoms with Gasteiger partial charge in [-0.15, -0.1) is 0 Å². The summed E-state index contributed by atoms with van der Waals surface area (Å²) in [7, 11) is 0. The fourth-order valence-electron chi connectivity index (χ4n) is 3.23. The fraction of sp³-hybridized carbons (Fsp3) is 0.500. The highest BCUT2D eigenvalue weighted by molar-refractivity contribution is 9.10. The van der Waals surface area contributed by atoms with Crippen molar-refractivity contribution in [3.63, 3.8) is 0 Å². The molecule has 3 rings (SSSR count). The molecule has 1 unspecified atom stereocenters. The molecule has 2 aromatic rings. The number of nitrogens with one attached hydrogen (secondary N) is 1. The van der Waals surface area contributed by atoms with E-state index in [1.807, 2.05) is 29.9 Å². The number of benzene rings is 1. The minimum Gasteiger partial charge on any atom is -0.379 e. The van der Waals surface area contributed by atoms with Gasteiger partial charge in [0.25, 0.3) is 0 Å². The molecule has 146 valence electrons. The summed E-state index contributed by atoms with van der Waals surface area (Å²) in [5, 5.41) is 7.39. The number of rotatable bonds is 8. The maximum Gasteiger partial charge on any atom is 0.227 e. The average Bonchev–Trinajstić information content (AvgIpc) is 3.12. The molecule has 1 aromatic carbocycles. The number of hydrogen-bond donors (Lipinski definition) is 1. The van der Waals surface area contributed by atoms with Gasteiger partial charge in [0, 0.05) is 36.2 Å². The van der Waals surface area contributed by atoms with Crippen LogP contribution in [0.15, 0.2) is 41.1 Å². The van der Waals surface area contributed by atoms with Crippen molar-refractivity contribution in [3.8, 4) is 0 Å². The SMILES string of the molecule is CCC(Cc1cccc(Br)c1)C(=O)Nc1cnn(CCN2CCOCC2)c1. The third-order valence-corrected chi connectivity index (χ3v) is 5.38. The number of anilines is 1. The molecule has 0 radical (unpaired) electrons. The molecule has 1 fully saturated rings. The monoisotopic (exact) mass is 434 g/mol. The summed E-state index contributed by atoms with van der Waals surface area (Å²) in [6.45, 7) is 7.35. The Morgan fingerprint density at radius 3 is 2.89 bits per heavy atom. The summed E-state index contributed by atoms with van der Waals surface area (Å²) in [6.07, 6.45) is 5.16. The van der Waals surface area contributed by atoms with Crippen molar-refractivity contribution < 1.29 is 9.53 Å². The van der Waals surface area contributed by atoms with Crippen LogP contribution in [0.1, 0.15) is 18.9 Å². The number of halogens is 1. The topological polar surface area (TPSA) is 59.4 Å². The lowest BCUT2D eigenvalue weighted by atomic mass is 9.96. The molecule has 0 saturated carbocycles. The van der Waals surface area contributed by atoms with Crippen molar-refractivity contribution >= 4 is 27.5 Å². The first-order valence-electron chi connectivity index (χ1n) is 9.52. The normalized spacial score (nSPS) is 16.2. The first-order valence-corrected chi connectivity index (χ1v) is 10.3. The summed E-state index contributed by atoms with van der Waals surface area (Å²) in [5.74, 6) is -0.0128. The highest BCUT2D eigenvalue weighted by atomic mass is 79.9. The van der Waals surface area contributed by atoms with Crippen LogP contribution in [0.3, 0.4) is 0 Å². The number of aromatic nitrogens is 2. The lowest BCUT2D eigenvalue weighted by molar-refractivity contribution is -0.119. The number of carbonyl (C=O) groups excluding carboxylic acids is 1. The van der Waals surface area contributed by atoms with Crippen molar-refractivity contribution in [2.75, 3.05) is 38.2 Å². The Kier molecular flexibility index (Phi) is 7.43. The number of nitrogens with zero attached hydrogens (tertiary/aromatic N) is 3. The van der Waals surface area contributed by atoms with Gasteiger partial charge in [0.05, 0.1) is 31.6 Å². The second-order valence-corrected chi connectivity index (χ2v) is 7.79. The van der Waals surface area contributed by atoms with Crippen LogP contribution in [0.4, 0.5) is 5.69 Å². The zero-order valence-corrected chi connectivity index (χ0v) is 17.3. The lowest BCUT2D eigenvalue weighted by Crippen LogP contribution is -2.38. The van der Waals surface area contributed by atoms with Gasteiger partial charge in [-0.3, -0.25) is 14.4 Å². The summed E-state index contributed by atoms with van der Waals surface area (Å²) in [4.78, 5) is 15.0. The van der Waals surface area contributed by atoms with Gasteiger partial charge in [-0.2, -0.15) is 5.10 Å². The predicted molar refractivity (Wildman–Crippen MR) is 110 cm³/mol. The van der Waals surface area contributed by atoms with E-state index in [-0.39, 0.29) is 11.8 Å². The van der Waals surface area contributed by atoms with Gasteiger partial charge in [0.1, 0.15) is 0 Å². The molecule has 7 heteroatoms. The Morgan fingerprint density at radius 1 is 1.33 bits per heavy atom. The highest BCUT2D eigenvalue weighted by Crippen LogP contribution is 2.18. The minimum absolute atomic E-state index is 0.0465. The van der Waals surface area contributed by atoms with E-state index in [2.05, 4.69) is 43.4 Å². The molecule has 1 aliphatic heterocycles. The maximum atomic E-state index is 12.7. The van der Waals surface area contributed by atoms with Crippen LogP contribution in [-0.4, -0.2) is 53.4 Å². The van der Waals surface area contributed by atoms with Crippen molar-refractivity contribution in [2.24, 2.45) is 5.92 Å². The van der Waals surface area contributed by atoms with Gasteiger partial charge in [0.15, 0.2) is 0 Å². The van der Waals surface area contributed by atoms with E-state index in [9.17, 15) is 4.79 Å². The van der Waals surface area contributed by atoms with E-state index in [1.165, 1.54) is 0 Å². The van der Waals surface area contributed by atoms with Gasteiger partial charge in [-0.05, 0) is 30.5 Å². The molecule has 1 aliphatic rings. The van der Waals surface area contributed by atoms with Crippen molar-refractivity contribution in [3.05, 3.63) is 46.7 Å². The second-order valence-electron chi connectivity index (χ2n) is 6.87. The number of carbonyl (C=O) groups is 1. The minimum atomic E-state index is -0.0593. The van der Waals surface area contributed by atoms with E-state index in [0.29, 0.717) is 0 Å². The molecule has 27 heavy (non-hydrogen) atoms. The van der Waals surface area contributed by atoms with Crippen LogP contribution in [0.5, 0.6) is 0 Å². The van der Waals surface area contributed by atoms with E-state index in [1.54, 1.807) is 6.20 Å². The Bertz CT molecular complexity index is 743. The van der Waals surface area contributed by atoms with E-state index in [4.69, 9.17) is 4.74 Å². The zero-order chi connectivity index (χ0) is 19.1. The van der Waals surface area contributed by atoms with Crippen LogP contribution in [0.25, 0.3) is 0 Å². The smallest absolute Gasteiger partial charge is 0.227 e. The molecule has 0 aliphatic carbocycles. The molecular formula is C20H27BrN4O2. The van der Waals surface area contributed by atoms with E-state index < -0.39 is 0 Å². The number of ether oxygens (including phenoxy) is 1. The Hall–Kier alpha value is -1.70. The Labute approximate surface area is 169 Å². The number of hydrogen-bond acceptors (Lipinski definition) is 4. The quantitative estimate of drug-likeness (QED) is 0.692. The molecule has 1 aromatic heterocycles. The molecule has 1 amide bonds. The summed E-state index contributed by atoms with van der Waals surface area (Å²) < 4.78 is 8.30. The molecular weight excluding hydrogens is 408 g/mol. The van der Waals surface area contributed by atoms with Gasteiger partial charge in [-0.25, -0.2) is 0 Å². The van der Waals surface area contributed by atoms with Crippen LogP contribution in [0, 0.1) is 5.92 Å². The van der Waals surface area contributed by atoms with E-state index >= 15 is 0 Å².